The molecule has 23 heavy (non-hydrogen) atoms. The van der Waals surface area contributed by atoms with Gasteiger partial charge in [0.15, 0.2) is 6.29 Å². The van der Waals surface area contributed by atoms with Crippen LogP contribution in [0.2, 0.25) is 0 Å². The Bertz CT molecular complexity index is 379. The highest BCUT2D eigenvalue weighted by atomic mass is 16.7. The second-order valence-corrected chi connectivity index (χ2v) is 4.85. The van der Waals surface area contributed by atoms with E-state index in [-0.39, 0.29) is 6.29 Å². The van der Waals surface area contributed by atoms with Crippen LogP contribution in [0, 0.1) is 0 Å². The van der Waals surface area contributed by atoms with Gasteiger partial charge in [0.05, 0.1) is 26.4 Å². The van der Waals surface area contributed by atoms with E-state index in [1.54, 1.807) is 0 Å². The average molecular weight is 328 g/mol. The lowest BCUT2D eigenvalue weighted by atomic mass is 10.3. The highest BCUT2D eigenvalue weighted by Gasteiger charge is 2.07. The van der Waals surface area contributed by atoms with Gasteiger partial charge in [0.1, 0.15) is 18.0 Å². The van der Waals surface area contributed by atoms with Crippen LogP contribution in [0.1, 0.15) is 20.3 Å². The van der Waals surface area contributed by atoms with E-state index < -0.39 is 0 Å². The lowest BCUT2D eigenvalue weighted by Crippen LogP contribution is -2.39. The van der Waals surface area contributed by atoms with E-state index in [0.717, 1.165) is 17.9 Å². The molecule has 0 heterocycles. The maximum absolute atomic E-state index is 5.55. The molecule has 0 fully saturated rings. The summed E-state index contributed by atoms with van der Waals surface area (Å²) in [5.41, 5.74) is 4.80. The Morgan fingerprint density at radius 2 is 1.39 bits per heavy atom. The molecule has 0 bridgehead atoms. The van der Waals surface area contributed by atoms with Gasteiger partial charge in [-0.15, -0.1) is 0 Å². The van der Waals surface area contributed by atoms with E-state index in [2.05, 4.69) is 5.73 Å². The molecule has 0 aliphatic rings. The van der Waals surface area contributed by atoms with Crippen molar-refractivity contribution in [2.75, 3.05) is 46.2 Å². The predicted octanol–water partition coefficient (Wildman–Crippen LogP) is 1.76. The zero-order valence-electron chi connectivity index (χ0n) is 14.3. The Kier molecular flexibility index (Phi) is 11.5. The molecule has 0 aliphatic carbocycles. The van der Waals surface area contributed by atoms with E-state index >= 15 is 0 Å². The third kappa shape index (κ3) is 10.3. The van der Waals surface area contributed by atoms with Crippen molar-refractivity contribution in [1.29, 1.82) is 0 Å². The van der Waals surface area contributed by atoms with E-state index in [0.29, 0.717) is 46.2 Å². The fourth-order valence-electron chi connectivity index (χ4n) is 1.89. The normalized spacial score (nSPS) is 11.1. The molecule has 0 spiro atoms. The summed E-state index contributed by atoms with van der Waals surface area (Å²) in [5, 5.41) is 0. The molecule has 6 heteroatoms. The molecule has 0 atom stereocenters. The number of quaternary nitrogens is 1. The summed E-state index contributed by atoms with van der Waals surface area (Å²) in [6.45, 7) is 7.96. The van der Waals surface area contributed by atoms with Gasteiger partial charge in [-0.1, -0.05) is 0 Å². The molecule has 1 aromatic rings. The van der Waals surface area contributed by atoms with Crippen LogP contribution in [0.3, 0.4) is 0 Å². The minimum Gasteiger partial charge on any atom is -0.491 e. The van der Waals surface area contributed by atoms with Crippen LogP contribution in [0.5, 0.6) is 5.75 Å². The molecule has 0 unspecified atom stereocenters. The van der Waals surface area contributed by atoms with Gasteiger partial charge in [-0.05, 0) is 26.0 Å². The molecule has 132 valence electrons. The van der Waals surface area contributed by atoms with Gasteiger partial charge >= 0.3 is 0 Å². The van der Waals surface area contributed by atoms with Crippen LogP contribution in [-0.4, -0.2) is 52.5 Å². The number of hydrogen-bond donors (Lipinski definition) is 1. The van der Waals surface area contributed by atoms with Crippen LogP contribution in [-0.2, 0) is 18.9 Å². The summed E-state index contributed by atoms with van der Waals surface area (Å²) >= 11 is 0. The maximum Gasteiger partial charge on any atom is 0.159 e. The second kappa shape index (κ2) is 13.3. The molecular formula is C17H30NO5+. The Labute approximate surface area is 138 Å². The van der Waals surface area contributed by atoms with Gasteiger partial charge in [0, 0.05) is 31.8 Å². The minimum absolute atomic E-state index is 0.177. The molecule has 0 aromatic heterocycles. The first-order chi connectivity index (χ1) is 11.3. The van der Waals surface area contributed by atoms with Crippen molar-refractivity contribution in [3.05, 3.63) is 24.3 Å². The predicted molar refractivity (Wildman–Crippen MR) is 87.8 cm³/mol. The summed E-state index contributed by atoms with van der Waals surface area (Å²) in [6.07, 6.45) is 0.552. The number of rotatable bonds is 14. The number of benzene rings is 1. The molecule has 3 N–H and O–H groups in total. The molecular weight excluding hydrogens is 298 g/mol. The van der Waals surface area contributed by atoms with Gasteiger partial charge in [-0.3, -0.25) is 0 Å². The molecule has 0 saturated heterocycles. The van der Waals surface area contributed by atoms with Gasteiger partial charge in [0.25, 0.3) is 0 Å². The van der Waals surface area contributed by atoms with Gasteiger partial charge in [-0.2, -0.15) is 0 Å². The van der Waals surface area contributed by atoms with E-state index in [1.807, 2.05) is 38.1 Å². The Morgan fingerprint density at radius 3 is 2.00 bits per heavy atom. The zero-order chi connectivity index (χ0) is 16.8. The first-order valence-electron chi connectivity index (χ1n) is 8.19. The standard InChI is InChI=1S/C17H29NO5/c1-3-21-17(22-4-2)9-10-19-11-12-20-13-14-23-16-7-5-15(18)6-8-16/h5-8,17H,3-4,9-14,18H2,1-2H3/p+1. The molecule has 0 amide bonds. The van der Waals surface area contributed by atoms with E-state index in [9.17, 15) is 0 Å². The van der Waals surface area contributed by atoms with Gasteiger partial charge in [-0.25, -0.2) is 0 Å². The fourth-order valence-corrected chi connectivity index (χ4v) is 1.89. The Balaban J connectivity index is 1.92. The van der Waals surface area contributed by atoms with Crippen LogP contribution >= 0.6 is 0 Å². The number of hydrogen-bond acceptors (Lipinski definition) is 5. The third-order valence-corrected chi connectivity index (χ3v) is 2.99. The second-order valence-electron chi connectivity index (χ2n) is 4.85. The van der Waals surface area contributed by atoms with E-state index in [1.165, 1.54) is 0 Å². The van der Waals surface area contributed by atoms with Crippen molar-refractivity contribution in [3.8, 4) is 5.75 Å². The molecule has 1 rings (SSSR count). The fraction of sp³-hybridized carbons (Fsp3) is 0.647. The number of ether oxygens (including phenoxy) is 5. The van der Waals surface area contributed by atoms with Gasteiger partial charge in [0.2, 0.25) is 0 Å². The first kappa shape index (κ1) is 19.9. The highest BCUT2D eigenvalue weighted by molar-refractivity contribution is 5.34. The molecule has 1 aromatic carbocycles. The largest absolute Gasteiger partial charge is 0.491 e. The first-order valence-corrected chi connectivity index (χ1v) is 8.19. The van der Waals surface area contributed by atoms with Gasteiger partial charge < -0.3 is 29.4 Å². The van der Waals surface area contributed by atoms with Crippen LogP contribution in [0.4, 0.5) is 5.69 Å². The summed E-state index contributed by atoms with van der Waals surface area (Å²) in [4.78, 5) is 0. The maximum atomic E-state index is 5.55. The molecule has 0 aliphatic heterocycles. The minimum atomic E-state index is -0.177. The molecule has 0 radical (unpaired) electrons. The molecule has 6 nitrogen and oxygen atoms in total. The third-order valence-electron chi connectivity index (χ3n) is 2.99. The summed E-state index contributed by atoms with van der Waals surface area (Å²) < 4.78 is 27.4. The monoisotopic (exact) mass is 328 g/mol. The quantitative estimate of drug-likeness (QED) is 0.416. The van der Waals surface area contributed by atoms with Crippen molar-refractivity contribution >= 4 is 5.69 Å². The summed E-state index contributed by atoms with van der Waals surface area (Å²) in [6, 6.07) is 7.64. The van der Waals surface area contributed by atoms with Crippen molar-refractivity contribution in [3.63, 3.8) is 0 Å². The van der Waals surface area contributed by atoms with Crippen LogP contribution < -0.4 is 10.5 Å². The highest BCUT2D eigenvalue weighted by Crippen LogP contribution is 2.11. The zero-order valence-corrected chi connectivity index (χ0v) is 14.3. The average Bonchev–Trinajstić information content (AvgIpc) is 2.55. The molecule has 0 saturated carbocycles. The topological polar surface area (TPSA) is 73.8 Å². The lowest BCUT2D eigenvalue weighted by Gasteiger charge is -2.16. The van der Waals surface area contributed by atoms with Crippen molar-refractivity contribution < 1.29 is 29.4 Å². The smallest absolute Gasteiger partial charge is 0.159 e. The van der Waals surface area contributed by atoms with Crippen LogP contribution in [0.15, 0.2) is 24.3 Å². The Morgan fingerprint density at radius 1 is 0.826 bits per heavy atom. The van der Waals surface area contributed by atoms with E-state index in [4.69, 9.17) is 23.7 Å². The summed E-state index contributed by atoms with van der Waals surface area (Å²) in [7, 11) is 0. The van der Waals surface area contributed by atoms with Crippen LogP contribution in [0.25, 0.3) is 0 Å². The lowest BCUT2D eigenvalue weighted by molar-refractivity contribution is -0.254. The summed E-state index contributed by atoms with van der Waals surface area (Å²) in [5.74, 6) is 0.829. The van der Waals surface area contributed by atoms with Crippen molar-refractivity contribution in [2.24, 2.45) is 0 Å². The SMILES string of the molecule is CCOC(CCOCCOCCOc1ccc([NH3+])cc1)OCC. The van der Waals surface area contributed by atoms with Crippen molar-refractivity contribution in [1.82, 2.24) is 0 Å². The van der Waals surface area contributed by atoms with Crippen molar-refractivity contribution in [2.45, 2.75) is 26.6 Å². The Hall–Kier alpha value is -1.18.